The topological polar surface area (TPSA) is 60.2 Å². The maximum atomic E-state index is 11.7. The summed E-state index contributed by atoms with van der Waals surface area (Å²) in [5, 5.41) is 5.39. The van der Waals surface area contributed by atoms with Gasteiger partial charge in [0.2, 0.25) is 10.0 Å². The van der Waals surface area contributed by atoms with Crippen LogP contribution < -0.4 is 5.14 Å². The van der Waals surface area contributed by atoms with Crippen LogP contribution in [0.15, 0.2) is 0 Å². The van der Waals surface area contributed by atoms with Crippen molar-refractivity contribution in [2.75, 3.05) is 0 Å². The molecule has 0 spiro atoms. The van der Waals surface area contributed by atoms with Gasteiger partial charge in [0, 0.05) is 0 Å². The quantitative estimate of drug-likeness (QED) is 0.761. The van der Waals surface area contributed by atoms with Gasteiger partial charge in [-0.3, -0.25) is 0 Å². The van der Waals surface area contributed by atoms with Gasteiger partial charge in [-0.05, 0) is 43.9 Å². The highest BCUT2D eigenvalue weighted by Gasteiger charge is 2.74. The molecule has 0 aromatic carbocycles. The molecule has 0 saturated heterocycles. The van der Waals surface area contributed by atoms with Crippen LogP contribution >= 0.6 is 12.4 Å². The van der Waals surface area contributed by atoms with Gasteiger partial charge >= 0.3 is 0 Å². The number of unbranched alkanes of at least 4 members (excludes halogenated alkanes) is 2. The van der Waals surface area contributed by atoms with Gasteiger partial charge in [-0.25, -0.2) is 13.6 Å². The van der Waals surface area contributed by atoms with Gasteiger partial charge in [0.05, 0.1) is 4.75 Å². The first-order valence-electron chi connectivity index (χ1n) is 6.40. The van der Waals surface area contributed by atoms with Crippen LogP contribution in [0.3, 0.4) is 0 Å². The summed E-state index contributed by atoms with van der Waals surface area (Å²) in [7, 11) is -3.38. The van der Waals surface area contributed by atoms with Crippen LogP contribution in [-0.4, -0.2) is 13.2 Å². The van der Waals surface area contributed by atoms with Crippen molar-refractivity contribution in [3.8, 4) is 0 Å². The van der Waals surface area contributed by atoms with Crippen molar-refractivity contribution < 1.29 is 8.42 Å². The SMILES string of the molecule is CCCCCC1(C2CC2)CC1(C)S(N)(=O)=O.Cl. The second kappa shape index (κ2) is 4.71. The van der Waals surface area contributed by atoms with E-state index in [1.54, 1.807) is 0 Å². The Morgan fingerprint density at radius 1 is 1.29 bits per heavy atom. The van der Waals surface area contributed by atoms with Gasteiger partial charge in [-0.2, -0.15) is 0 Å². The first-order chi connectivity index (χ1) is 7.37. The van der Waals surface area contributed by atoms with Crippen LogP contribution in [0.1, 0.15) is 58.8 Å². The monoisotopic (exact) mass is 281 g/mol. The van der Waals surface area contributed by atoms with Gasteiger partial charge < -0.3 is 0 Å². The molecule has 2 rings (SSSR count). The summed E-state index contributed by atoms with van der Waals surface area (Å²) in [5.74, 6) is 0.632. The molecule has 0 radical (unpaired) electrons. The van der Waals surface area contributed by atoms with Gasteiger partial charge in [0.1, 0.15) is 0 Å². The Kier molecular flexibility index (Phi) is 4.22. The smallest absolute Gasteiger partial charge is 0.215 e. The second-order valence-electron chi connectivity index (χ2n) is 5.84. The van der Waals surface area contributed by atoms with Crippen molar-refractivity contribution in [2.24, 2.45) is 16.5 Å². The number of hydrogen-bond donors (Lipinski definition) is 1. The number of nitrogens with two attached hydrogens (primary N) is 1. The summed E-state index contributed by atoms with van der Waals surface area (Å²) >= 11 is 0. The predicted octanol–water partition coefficient (Wildman–Crippen LogP) is 2.84. The van der Waals surface area contributed by atoms with E-state index in [2.05, 4.69) is 6.92 Å². The van der Waals surface area contributed by atoms with E-state index in [1.165, 1.54) is 25.7 Å². The van der Waals surface area contributed by atoms with Crippen molar-refractivity contribution in [3.05, 3.63) is 0 Å². The third kappa shape index (κ3) is 2.36. The fourth-order valence-electron chi connectivity index (χ4n) is 3.40. The Labute approximate surface area is 111 Å². The predicted molar refractivity (Wildman–Crippen MR) is 72.7 cm³/mol. The van der Waals surface area contributed by atoms with E-state index < -0.39 is 14.8 Å². The first-order valence-corrected chi connectivity index (χ1v) is 7.94. The fourth-order valence-corrected chi connectivity index (χ4v) is 4.70. The van der Waals surface area contributed by atoms with Crippen molar-refractivity contribution in [1.82, 2.24) is 0 Å². The number of primary sulfonamides is 1. The molecule has 2 saturated carbocycles. The summed E-state index contributed by atoms with van der Waals surface area (Å²) in [6.07, 6.45) is 7.81. The molecule has 0 amide bonds. The molecule has 0 bridgehead atoms. The average molecular weight is 282 g/mol. The lowest BCUT2D eigenvalue weighted by atomic mass is 9.90. The number of halogens is 1. The number of rotatable bonds is 6. The summed E-state index contributed by atoms with van der Waals surface area (Å²) in [6, 6.07) is 0. The lowest BCUT2D eigenvalue weighted by molar-refractivity contribution is 0.359. The molecule has 2 unspecified atom stereocenters. The zero-order chi connectivity index (χ0) is 12.0. The molecule has 0 aliphatic heterocycles. The molecule has 17 heavy (non-hydrogen) atoms. The molecule has 2 aliphatic carbocycles. The van der Waals surface area contributed by atoms with E-state index in [0.29, 0.717) is 5.92 Å². The van der Waals surface area contributed by atoms with E-state index in [0.717, 1.165) is 19.3 Å². The largest absolute Gasteiger partial charge is 0.228 e. The van der Waals surface area contributed by atoms with E-state index in [9.17, 15) is 8.42 Å². The minimum Gasteiger partial charge on any atom is -0.228 e. The normalized spacial score (nSPS) is 36.4. The van der Waals surface area contributed by atoms with Crippen LogP contribution in [0.25, 0.3) is 0 Å². The Bertz CT molecular complexity index is 380. The molecule has 5 heteroatoms. The van der Waals surface area contributed by atoms with Crippen LogP contribution in [0.4, 0.5) is 0 Å². The molecule has 2 aliphatic rings. The van der Waals surface area contributed by atoms with Gasteiger partial charge in [0.25, 0.3) is 0 Å². The highest BCUT2D eigenvalue weighted by molar-refractivity contribution is 7.90. The molecule has 0 heterocycles. The summed E-state index contributed by atoms with van der Waals surface area (Å²) in [6.45, 7) is 4.03. The Morgan fingerprint density at radius 2 is 1.88 bits per heavy atom. The second-order valence-corrected chi connectivity index (χ2v) is 7.83. The molecular weight excluding hydrogens is 258 g/mol. The van der Waals surface area contributed by atoms with Gasteiger partial charge in [0.15, 0.2) is 0 Å². The summed E-state index contributed by atoms with van der Waals surface area (Å²) in [5.41, 5.74) is 0.0375. The maximum absolute atomic E-state index is 11.7. The van der Waals surface area contributed by atoms with Gasteiger partial charge in [-0.1, -0.05) is 26.2 Å². The highest BCUT2D eigenvalue weighted by atomic mass is 35.5. The van der Waals surface area contributed by atoms with Crippen LogP contribution in [0.2, 0.25) is 0 Å². The number of hydrogen-bond acceptors (Lipinski definition) is 2. The minimum absolute atomic E-state index is 0. The van der Waals surface area contributed by atoms with Crippen LogP contribution in [0, 0.1) is 11.3 Å². The fraction of sp³-hybridized carbons (Fsp3) is 1.00. The zero-order valence-corrected chi connectivity index (χ0v) is 12.4. The Hall–Kier alpha value is 0.200. The van der Waals surface area contributed by atoms with E-state index in [-0.39, 0.29) is 17.8 Å². The average Bonchev–Trinajstić information content (AvgIpc) is 3.00. The minimum atomic E-state index is -3.38. The molecule has 2 N–H and O–H groups in total. The standard InChI is InChI=1S/C12H23NO2S.ClH/c1-3-4-5-8-12(10-6-7-10)9-11(12,2)16(13,14)15;/h10H,3-9H2,1-2H3,(H2,13,14,15);1H. The molecule has 2 fully saturated rings. The van der Waals surface area contributed by atoms with Crippen molar-refractivity contribution in [1.29, 1.82) is 0 Å². The van der Waals surface area contributed by atoms with Crippen molar-refractivity contribution >= 4 is 22.4 Å². The summed E-state index contributed by atoms with van der Waals surface area (Å²) in [4.78, 5) is 0. The van der Waals surface area contributed by atoms with Crippen molar-refractivity contribution in [3.63, 3.8) is 0 Å². The summed E-state index contributed by atoms with van der Waals surface area (Å²) < 4.78 is 22.7. The number of sulfonamides is 1. The third-order valence-corrected chi connectivity index (χ3v) is 6.60. The van der Waals surface area contributed by atoms with E-state index in [1.807, 2.05) is 6.92 Å². The molecule has 2 atom stereocenters. The Balaban J connectivity index is 0.00000144. The molecular formula is C12H24ClNO2S. The lowest BCUT2D eigenvalue weighted by Crippen LogP contribution is -2.34. The van der Waals surface area contributed by atoms with Crippen LogP contribution in [0.5, 0.6) is 0 Å². The molecule has 3 nitrogen and oxygen atoms in total. The van der Waals surface area contributed by atoms with E-state index in [4.69, 9.17) is 5.14 Å². The zero-order valence-electron chi connectivity index (χ0n) is 10.7. The first kappa shape index (κ1) is 15.3. The molecule has 102 valence electrons. The van der Waals surface area contributed by atoms with Crippen LogP contribution in [-0.2, 0) is 10.0 Å². The van der Waals surface area contributed by atoms with Crippen molar-refractivity contribution in [2.45, 2.75) is 63.5 Å². The Morgan fingerprint density at radius 3 is 2.24 bits per heavy atom. The maximum Gasteiger partial charge on any atom is 0.215 e. The third-order valence-electron chi connectivity index (χ3n) is 4.79. The van der Waals surface area contributed by atoms with E-state index >= 15 is 0 Å². The lowest BCUT2D eigenvalue weighted by Gasteiger charge is -2.21. The highest BCUT2D eigenvalue weighted by Crippen LogP contribution is 2.72. The molecule has 0 aromatic rings. The molecule has 0 aromatic heterocycles. The van der Waals surface area contributed by atoms with Gasteiger partial charge in [-0.15, -0.1) is 12.4 Å².